The molecule has 6 heteroatoms. The molecular weight excluding hydrogens is 482 g/mol. The molecule has 2 atom stereocenters. The van der Waals surface area contributed by atoms with E-state index in [-0.39, 0.29) is 12.1 Å². The first-order chi connectivity index (χ1) is 15.6. The van der Waals surface area contributed by atoms with Gasteiger partial charge in [0.05, 0.1) is 11.7 Å². The molecule has 160 valence electrons. The third-order valence-corrected chi connectivity index (χ3v) is 6.71. The zero-order valence-corrected chi connectivity index (χ0v) is 19.9. The Labute approximate surface area is 201 Å². The Balaban J connectivity index is 1.55. The second kappa shape index (κ2) is 8.88. The van der Waals surface area contributed by atoms with Gasteiger partial charge in [0, 0.05) is 22.8 Å². The summed E-state index contributed by atoms with van der Waals surface area (Å²) in [6.45, 7) is 2.76. The normalized spacial score (nSPS) is 18.1. The van der Waals surface area contributed by atoms with Gasteiger partial charge in [0.1, 0.15) is 17.6 Å². The zero-order chi connectivity index (χ0) is 22.1. The molecule has 0 spiro atoms. The molecule has 0 bridgehead atoms. The fraction of sp³-hybridized carbons (Fsp3) is 0.154. The van der Waals surface area contributed by atoms with Crippen molar-refractivity contribution in [3.63, 3.8) is 0 Å². The van der Waals surface area contributed by atoms with Gasteiger partial charge in [-0.25, -0.2) is 0 Å². The highest BCUT2D eigenvalue weighted by Crippen LogP contribution is 2.42. The highest BCUT2D eigenvalue weighted by molar-refractivity contribution is 9.10. The van der Waals surface area contributed by atoms with E-state index in [1.54, 1.807) is 0 Å². The quantitative estimate of drug-likeness (QED) is 0.311. The van der Waals surface area contributed by atoms with Crippen molar-refractivity contribution in [1.82, 2.24) is 15.2 Å². The van der Waals surface area contributed by atoms with Crippen LogP contribution in [0, 0.1) is 6.92 Å². The summed E-state index contributed by atoms with van der Waals surface area (Å²) in [6.07, 6.45) is 1.81. The summed E-state index contributed by atoms with van der Waals surface area (Å²) in [5, 5.41) is 4.18. The fourth-order valence-corrected chi connectivity index (χ4v) is 5.14. The second-order valence-electron chi connectivity index (χ2n) is 7.93. The van der Waals surface area contributed by atoms with Crippen molar-refractivity contribution >= 4 is 33.3 Å². The van der Waals surface area contributed by atoms with Crippen LogP contribution in [0.5, 0.6) is 0 Å². The molecule has 0 amide bonds. The summed E-state index contributed by atoms with van der Waals surface area (Å²) in [7, 11) is 0. The molecule has 4 nitrogen and oxygen atoms in total. The van der Waals surface area contributed by atoms with Gasteiger partial charge in [-0.3, -0.25) is 4.98 Å². The van der Waals surface area contributed by atoms with Crippen LogP contribution in [-0.4, -0.2) is 15.0 Å². The summed E-state index contributed by atoms with van der Waals surface area (Å²) in [5.41, 5.74) is 4.35. The Morgan fingerprint density at radius 2 is 1.84 bits per heavy atom. The van der Waals surface area contributed by atoms with Gasteiger partial charge in [-0.2, -0.15) is 0 Å². The van der Waals surface area contributed by atoms with Crippen LogP contribution in [0.2, 0.25) is 0 Å². The molecule has 0 saturated carbocycles. The highest BCUT2D eigenvalue weighted by atomic mass is 79.9. The molecule has 1 fully saturated rings. The van der Waals surface area contributed by atoms with Gasteiger partial charge in [-0.1, -0.05) is 58.4 Å². The molecule has 0 radical (unpaired) electrons. The molecule has 1 aliphatic heterocycles. The summed E-state index contributed by atoms with van der Waals surface area (Å²) in [4.78, 5) is 6.79. The number of halogens is 1. The number of thiocarbonyl (C=S) groups is 1. The molecule has 32 heavy (non-hydrogen) atoms. The maximum Gasteiger partial charge on any atom is 0.170 e. The summed E-state index contributed by atoms with van der Waals surface area (Å²) in [5.74, 6) is 1.68. The number of hydrogen-bond donors (Lipinski definition) is 1. The van der Waals surface area contributed by atoms with Gasteiger partial charge < -0.3 is 14.6 Å². The number of furan rings is 1. The minimum Gasteiger partial charge on any atom is -0.459 e. The first-order valence-corrected chi connectivity index (χ1v) is 11.7. The van der Waals surface area contributed by atoms with E-state index in [2.05, 4.69) is 74.5 Å². The maximum atomic E-state index is 6.44. The van der Waals surface area contributed by atoms with Gasteiger partial charge in [0.25, 0.3) is 0 Å². The van der Waals surface area contributed by atoms with Crippen LogP contribution in [0.4, 0.5) is 0 Å². The molecule has 0 aliphatic carbocycles. The molecule has 3 heterocycles. The monoisotopic (exact) mass is 503 g/mol. The minimum atomic E-state index is -0.115. The molecule has 2 aromatic heterocycles. The number of pyridine rings is 1. The first kappa shape index (κ1) is 20.9. The van der Waals surface area contributed by atoms with E-state index in [4.69, 9.17) is 16.6 Å². The molecular formula is C26H22BrN3OS. The van der Waals surface area contributed by atoms with Crippen LogP contribution in [-0.2, 0) is 6.54 Å². The number of benzene rings is 2. The Morgan fingerprint density at radius 1 is 1.03 bits per heavy atom. The molecule has 5 rings (SSSR count). The molecule has 4 aromatic rings. The zero-order valence-electron chi connectivity index (χ0n) is 17.5. The van der Waals surface area contributed by atoms with Gasteiger partial charge in [-0.15, -0.1) is 0 Å². The van der Waals surface area contributed by atoms with Crippen molar-refractivity contribution in [3.05, 3.63) is 112 Å². The van der Waals surface area contributed by atoms with Gasteiger partial charge >= 0.3 is 0 Å². The van der Waals surface area contributed by atoms with Crippen LogP contribution >= 0.6 is 28.1 Å². The predicted molar refractivity (Wildman–Crippen MR) is 134 cm³/mol. The molecule has 0 unspecified atom stereocenters. The maximum absolute atomic E-state index is 6.44. The van der Waals surface area contributed by atoms with Crippen molar-refractivity contribution in [1.29, 1.82) is 0 Å². The van der Waals surface area contributed by atoms with Crippen LogP contribution in [0.15, 0.2) is 93.9 Å². The van der Waals surface area contributed by atoms with E-state index in [1.165, 1.54) is 11.1 Å². The van der Waals surface area contributed by atoms with Crippen LogP contribution in [0.3, 0.4) is 0 Å². The largest absolute Gasteiger partial charge is 0.459 e. The lowest BCUT2D eigenvalue weighted by Crippen LogP contribution is -2.29. The van der Waals surface area contributed by atoms with Crippen molar-refractivity contribution in [2.45, 2.75) is 25.6 Å². The van der Waals surface area contributed by atoms with E-state index in [0.29, 0.717) is 11.7 Å². The van der Waals surface area contributed by atoms with Crippen molar-refractivity contribution < 1.29 is 4.42 Å². The smallest absolute Gasteiger partial charge is 0.170 e. The lowest BCUT2D eigenvalue weighted by atomic mass is 10.0. The van der Waals surface area contributed by atoms with Gasteiger partial charge in [0.2, 0.25) is 0 Å². The Morgan fingerprint density at radius 3 is 2.59 bits per heavy atom. The number of nitrogens with zero attached hydrogens (tertiary/aromatic N) is 2. The minimum absolute atomic E-state index is 0.104. The van der Waals surface area contributed by atoms with Gasteiger partial charge in [0.15, 0.2) is 5.11 Å². The van der Waals surface area contributed by atoms with Crippen LogP contribution in [0.1, 0.15) is 34.7 Å². The summed E-state index contributed by atoms with van der Waals surface area (Å²) < 4.78 is 7.46. The lowest BCUT2D eigenvalue weighted by molar-refractivity contribution is 0.269. The third kappa shape index (κ3) is 4.08. The number of nitrogens with one attached hydrogen (secondary N) is 1. The predicted octanol–water partition coefficient (Wildman–Crippen LogP) is 6.59. The Kier molecular flexibility index (Phi) is 5.81. The molecule has 1 aliphatic rings. The van der Waals surface area contributed by atoms with E-state index in [0.717, 1.165) is 27.3 Å². The SMILES string of the molecule is Cc1ccc(-c2ccc([C@H]3[C@@H](c4ccccn4)NC(=S)N3Cc3ccccc3)o2)c(Br)c1. The van der Waals surface area contributed by atoms with E-state index < -0.39 is 0 Å². The summed E-state index contributed by atoms with van der Waals surface area (Å²) >= 11 is 9.44. The van der Waals surface area contributed by atoms with Crippen molar-refractivity contribution in [2.75, 3.05) is 0 Å². The average molecular weight is 504 g/mol. The number of aromatic nitrogens is 1. The first-order valence-electron chi connectivity index (χ1n) is 10.5. The molecule has 1 N–H and O–H groups in total. The Hall–Kier alpha value is -2.96. The summed E-state index contributed by atoms with van der Waals surface area (Å²) in [6, 6.07) is 26.4. The third-order valence-electron chi connectivity index (χ3n) is 5.70. The van der Waals surface area contributed by atoms with Crippen molar-refractivity contribution in [2.24, 2.45) is 0 Å². The van der Waals surface area contributed by atoms with Gasteiger partial charge in [-0.05, 0) is 66.7 Å². The topological polar surface area (TPSA) is 41.3 Å². The molecule has 1 saturated heterocycles. The Bertz CT molecular complexity index is 1240. The number of aryl methyl sites for hydroxylation is 1. The van der Waals surface area contributed by atoms with Crippen LogP contribution < -0.4 is 5.32 Å². The standard InChI is InChI=1S/C26H22BrN3OS/c1-17-10-11-19(20(27)15-17)22-12-13-23(31-22)25-24(21-9-5-6-14-28-21)29-26(32)30(25)16-18-7-3-2-4-8-18/h2-15,24-25H,16H2,1H3,(H,29,32)/t24-,25+/m1/s1. The van der Waals surface area contributed by atoms with Crippen LogP contribution in [0.25, 0.3) is 11.3 Å². The number of rotatable bonds is 5. The highest BCUT2D eigenvalue weighted by Gasteiger charge is 2.41. The van der Waals surface area contributed by atoms with E-state index in [1.807, 2.05) is 48.7 Å². The lowest BCUT2D eigenvalue weighted by Gasteiger charge is -2.26. The van der Waals surface area contributed by atoms with E-state index >= 15 is 0 Å². The second-order valence-corrected chi connectivity index (χ2v) is 9.17. The molecule has 2 aromatic carbocycles. The average Bonchev–Trinajstić information content (AvgIpc) is 3.40. The number of hydrogen-bond acceptors (Lipinski definition) is 3. The van der Waals surface area contributed by atoms with Crippen molar-refractivity contribution in [3.8, 4) is 11.3 Å². The fourth-order valence-electron chi connectivity index (χ4n) is 4.14. The van der Waals surface area contributed by atoms with E-state index in [9.17, 15) is 0 Å².